The third-order valence-corrected chi connectivity index (χ3v) is 4.78. The molecule has 5 nitrogen and oxygen atoms in total. The van der Waals surface area contributed by atoms with E-state index in [4.69, 9.17) is 21.1 Å². The van der Waals surface area contributed by atoms with Crippen molar-refractivity contribution in [2.75, 3.05) is 39.4 Å². The van der Waals surface area contributed by atoms with Gasteiger partial charge in [-0.25, -0.2) is 0 Å². The van der Waals surface area contributed by atoms with Crippen molar-refractivity contribution in [3.63, 3.8) is 0 Å². The van der Waals surface area contributed by atoms with Crippen molar-refractivity contribution in [3.05, 3.63) is 22.7 Å². The number of ether oxygens (including phenoxy) is 2. The highest BCUT2D eigenvalue weighted by Gasteiger charge is 2.19. The lowest BCUT2D eigenvalue weighted by atomic mass is 10.1. The Morgan fingerprint density at radius 3 is 2.67 bits per heavy atom. The number of rotatable bonds is 5. The zero-order valence-corrected chi connectivity index (χ0v) is 14.7. The number of nitrogens with one attached hydrogen (secondary N) is 1. The number of benzene rings is 1. The van der Waals surface area contributed by atoms with Crippen molar-refractivity contribution in [2.24, 2.45) is 0 Å². The van der Waals surface area contributed by atoms with Gasteiger partial charge in [0.15, 0.2) is 11.5 Å². The molecule has 0 radical (unpaired) electrons. The van der Waals surface area contributed by atoms with Crippen LogP contribution in [0, 0.1) is 0 Å². The number of carbonyl (C=O) groups excluding carboxylic acids is 1. The molecule has 1 aromatic rings. The third-order valence-electron chi connectivity index (χ3n) is 4.49. The normalized spacial score (nSPS) is 18.0. The summed E-state index contributed by atoms with van der Waals surface area (Å²) < 4.78 is 11.0. The molecular formula is C18H25ClN2O3. The molecule has 6 heteroatoms. The van der Waals surface area contributed by atoms with Crippen LogP contribution in [0.4, 0.5) is 0 Å². The summed E-state index contributed by atoms with van der Waals surface area (Å²) in [6.45, 7) is 5.04. The van der Waals surface area contributed by atoms with Crippen LogP contribution in [0.15, 0.2) is 12.1 Å². The minimum absolute atomic E-state index is 0.121. The average molecular weight is 353 g/mol. The van der Waals surface area contributed by atoms with Crippen LogP contribution >= 0.6 is 11.6 Å². The van der Waals surface area contributed by atoms with Crippen molar-refractivity contribution >= 4 is 17.5 Å². The van der Waals surface area contributed by atoms with Crippen molar-refractivity contribution < 1.29 is 14.3 Å². The molecule has 0 spiro atoms. The third kappa shape index (κ3) is 4.54. The Hall–Kier alpha value is -1.46. The quantitative estimate of drug-likeness (QED) is 0.827. The molecule has 2 aliphatic rings. The molecule has 1 saturated heterocycles. The first-order chi connectivity index (χ1) is 11.7. The molecule has 1 fully saturated rings. The number of hydrogen-bond donors (Lipinski definition) is 1. The standard InChI is InChI=1S/C18H25ClN2O3/c19-15-12-14(13-16-17(15)24-11-10-23-16)18(22)20-6-5-9-21-7-3-1-2-4-8-21/h12-13H,1-11H2,(H,20,22). The molecule has 24 heavy (non-hydrogen) atoms. The van der Waals surface area contributed by atoms with Crippen LogP contribution in [-0.4, -0.2) is 50.2 Å². The lowest BCUT2D eigenvalue weighted by Crippen LogP contribution is -2.30. The molecule has 132 valence electrons. The van der Waals surface area contributed by atoms with Crippen LogP contribution in [0.5, 0.6) is 11.5 Å². The van der Waals surface area contributed by atoms with Crippen LogP contribution in [-0.2, 0) is 0 Å². The predicted octanol–water partition coefficient (Wildman–Crippen LogP) is 3.11. The first-order valence-corrected chi connectivity index (χ1v) is 9.21. The zero-order chi connectivity index (χ0) is 16.8. The predicted molar refractivity (Wildman–Crippen MR) is 94.3 cm³/mol. The van der Waals surface area contributed by atoms with Gasteiger partial charge in [-0.15, -0.1) is 0 Å². The number of hydrogen-bond acceptors (Lipinski definition) is 4. The lowest BCUT2D eigenvalue weighted by Gasteiger charge is -2.20. The summed E-state index contributed by atoms with van der Waals surface area (Å²) >= 11 is 6.18. The van der Waals surface area contributed by atoms with Gasteiger partial charge in [0.2, 0.25) is 0 Å². The highest BCUT2D eigenvalue weighted by Crippen LogP contribution is 2.38. The largest absolute Gasteiger partial charge is 0.486 e. The van der Waals surface area contributed by atoms with Gasteiger partial charge >= 0.3 is 0 Å². The Bertz CT molecular complexity index is 572. The number of likely N-dealkylation sites (tertiary alicyclic amines) is 1. The van der Waals surface area contributed by atoms with Crippen molar-refractivity contribution in [3.8, 4) is 11.5 Å². The SMILES string of the molecule is O=C(NCCCN1CCCCCC1)c1cc(Cl)c2c(c1)OCCO2. The molecule has 0 bridgehead atoms. The van der Waals surface area contributed by atoms with Gasteiger partial charge in [-0.3, -0.25) is 4.79 Å². The highest BCUT2D eigenvalue weighted by molar-refractivity contribution is 6.32. The van der Waals surface area contributed by atoms with E-state index in [2.05, 4.69) is 10.2 Å². The van der Waals surface area contributed by atoms with E-state index in [1.54, 1.807) is 12.1 Å². The van der Waals surface area contributed by atoms with E-state index in [9.17, 15) is 4.79 Å². The minimum Gasteiger partial charge on any atom is -0.486 e. The number of fused-ring (bicyclic) bond motifs is 1. The van der Waals surface area contributed by atoms with Crippen LogP contribution in [0.25, 0.3) is 0 Å². The number of nitrogens with zero attached hydrogens (tertiary/aromatic N) is 1. The van der Waals surface area contributed by atoms with E-state index in [1.807, 2.05) is 0 Å². The Morgan fingerprint density at radius 2 is 1.88 bits per heavy atom. The number of carbonyl (C=O) groups is 1. The van der Waals surface area contributed by atoms with E-state index in [-0.39, 0.29) is 5.91 Å². The fourth-order valence-electron chi connectivity index (χ4n) is 3.21. The van der Waals surface area contributed by atoms with Crippen molar-refractivity contribution in [1.82, 2.24) is 10.2 Å². The molecule has 0 unspecified atom stereocenters. The second kappa shape index (κ2) is 8.58. The van der Waals surface area contributed by atoms with E-state index < -0.39 is 0 Å². The molecule has 1 amide bonds. The van der Waals surface area contributed by atoms with E-state index in [0.29, 0.717) is 41.8 Å². The van der Waals surface area contributed by atoms with Crippen LogP contribution < -0.4 is 14.8 Å². The topological polar surface area (TPSA) is 50.8 Å². The molecule has 0 atom stereocenters. The Kier molecular flexibility index (Phi) is 6.21. The zero-order valence-electron chi connectivity index (χ0n) is 14.0. The van der Waals surface area contributed by atoms with Crippen LogP contribution in [0.2, 0.25) is 5.02 Å². The van der Waals surface area contributed by atoms with Gasteiger partial charge < -0.3 is 19.7 Å². The van der Waals surface area contributed by atoms with Gasteiger partial charge in [0.1, 0.15) is 13.2 Å². The first kappa shape index (κ1) is 17.4. The maximum atomic E-state index is 12.3. The lowest BCUT2D eigenvalue weighted by molar-refractivity contribution is 0.0950. The van der Waals surface area contributed by atoms with Gasteiger partial charge in [-0.2, -0.15) is 0 Å². The van der Waals surface area contributed by atoms with E-state index >= 15 is 0 Å². The smallest absolute Gasteiger partial charge is 0.251 e. The summed E-state index contributed by atoms with van der Waals surface area (Å²) in [5, 5.41) is 3.39. The maximum absolute atomic E-state index is 12.3. The fraction of sp³-hybridized carbons (Fsp3) is 0.611. The fourth-order valence-corrected chi connectivity index (χ4v) is 3.47. The Labute approximate surface area is 148 Å². The maximum Gasteiger partial charge on any atom is 0.251 e. The van der Waals surface area contributed by atoms with Gasteiger partial charge in [0.25, 0.3) is 5.91 Å². The molecule has 0 aromatic heterocycles. The second-order valence-electron chi connectivity index (χ2n) is 6.35. The van der Waals surface area contributed by atoms with Crippen LogP contribution in [0.1, 0.15) is 42.5 Å². The molecule has 0 saturated carbocycles. The summed E-state index contributed by atoms with van der Waals surface area (Å²) in [7, 11) is 0. The van der Waals surface area contributed by atoms with Crippen molar-refractivity contribution in [2.45, 2.75) is 32.1 Å². The highest BCUT2D eigenvalue weighted by atomic mass is 35.5. The summed E-state index contributed by atoms with van der Waals surface area (Å²) in [6.07, 6.45) is 6.24. The molecule has 2 heterocycles. The van der Waals surface area contributed by atoms with Gasteiger partial charge in [0.05, 0.1) is 5.02 Å². The molecule has 1 aromatic carbocycles. The number of halogens is 1. The molecule has 0 aliphatic carbocycles. The summed E-state index contributed by atoms with van der Waals surface area (Å²) in [4.78, 5) is 14.8. The van der Waals surface area contributed by atoms with E-state index in [1.165, 1.54) is 38.8 Å². The first-order valence-electron chi connectivity index (χ1n) is 8.84. The monoisotopic (exact) mass is 352 g/mol. The average Bonchev–Trinajstić information content (AvgIpc) is 2.87. The van der Waals surface area contributed by atoms with Crippen molar-refractivity contribution in [1.29, 1.82) is 0 Å². The Balaban J connectivity index is 1.47. The number of amides is 1. The molecule has 2 aliphatic heterocycles. The summed E-state index contributed by atoms with van der Waals surface area (Å²) in [6, 6.07) is 3.34. The summed E-state index contributed by atoms with van der Waals surface area (Å²) in [5.41, 5.74) is 0.513. The van der Waals surface area contributed by atoms with Gasteiger partial charge in [-0.05, 0) is 51.0 Å². The second-order valence-corrected chi connectivity index (χ2v) is 6.75. The summed E-state index contributed by atoms with van der Waals surface area (Å²) in [5.74, 6) is 0.953. The van der Waals surface area contributed by atoms with Gasteiger partial charge in [0, 0.05) is 12.1 Å². The molecule has 1 N–H and O–H groups in total. The van der Waals surface area contributed by atoms with Crippen LogP contribution in [0.3, 0.4) is 0 Å². The van der Waals surface area contributed by atoms with Gasteiger partial charge in [-0.1, -0.05) is 24.4 Å². The Morgan fingerprint density at radius 1 is 1.12 bits per heavy atom. The molecular weight excluding hydrogens is 328 g/mol. The van der Waals surface area contributed by atoms with E-state index in [0.717, 1.165) is 13.0 Å². The minimum atomic E-state index is -0.121. The molecule has 3 rings (SSSR count).